The Balaban J connectivity index is 0.802. The van der Waals surface area contributed by atoms with E-state index in [1.165, 1.54) is 33.4 Å². The van der Waals surface area contributed by atoms with Gasteiger partial charge in [0, 0.05) is 87.3 Å². The number of hydrogen-bond donors (Lipinski definition) is 0. The van der Waals surface area contributed by atoms with Crippen molar-refractivity contribution in [3.8, 4) is 0 Å². The Kier molecular flexibility index (Phi) is 13.8. The van der Waals surface area contributed by atoms with Crippen LogP contribution in [-0.4, -0.2) is 82.0 Å². The van der Waals surface area contributed by atoms with E-state index in [4.69, 9.17) is 29.9 Å². The van der Waals surface area contributed by atoms with E-state index in [-0.39, 0.29) is 49.2 Å². The van der Waals surface area contributed by atoms with E-state index < -0.39 is 34.0 Å². The Bertz CT molecular complexity index is 5360. The molecule has 3 amide bonds. The van der Waals surface area contributed by atoms with Gasteiger partial charge in [-0.25, -0.2) is 29.9 Å². The van der Waals surface area contributed by atoms with Gasteiger partial charge >= 0.3 is 0 Å². The van der Waals surface area contributed by atoms with E-state index in [2.05, 4.69) is 195 Å². The molecule has 0 atom stereocenters. The quantitative estimate of drug-likeness (QED) is 0.158. The van der Waals surface area contributed by atoms with E-state index in [0.29, 0.717) is 33.6 Å². The average Bonchev–Trinajstić information content (AvgIpc) is 1.56. The van der Waals surface area contributed by atoms with Gasteiger partial charge in [0.25, 0.3) is 17.7 Å². The number of imidazole rings is 3. The summed E-state index contributed by atoms with van der Waals surface area (Å²) in [6.07, 6.45) is 3.14. The van der Waals surface area contributed by atoms with E-state index in [1.807, 2.05) is 54.6 Å². The molecule has 0 aliphatic heterocycles. The van der Waals surface area contributed by atoms with Gasteiger partial charge in [-0.1, -0.05) is 145 Å². The summed E-state index contributed by atoms with van der Waals surface area (Å²) < 4.78 is 6.69. The minimum atomic E-state index is -0.428. The van der Waals surface area contributed by atoms with Gasteiger partial charge in [0.2, 0.25) is 0 Å². The molecule has 0 bridgehead atoms. The molecule has 3 aliphatic carbocycles. The smallest absolute Gasteiger partial charge is 0.258 e. The molecule has 6 heterocycles. The van der Waals surface area contributed by atoms with Gasteiger partial charge in [0.15, 0.2) is 0 Å². The summed E-state index contributed by atoms with van der Waals surface area (Å²) >= 11 is 0. The minimum Gasteiger partial charge on any atom is -0.311 e. The van der Waals surface area contributed by atoms with Crippen LogP contribution >= 0.6 is 0 Å². The van der Waals surface area contributed by atoms with Crippen LogP contribution < -0.4 is 14.7 Å². The highest BCUT2D eigenvalue weighted by Crippen LogP contribution is 2.54. The zero-order chi connectivity index (χ0) is 73.1. The molecule has 3 aliphatic rings. The molecule has 13 aromatic rings. The third kappa shape index (κ3) is 9.95. The predicted molar refractivity (Wildman–Crippen MR) is 417 cm³/mol. The number of benzene rings is 7. The zero-order valence-electron chi connectivity index (χ0n) is 64.1. The van der Waals surface area contributed by atoms with Gasteiger partial charge in [0.1, 0.15) is 34.4 Å². The van der Waals surface area contributed by atoms with Crippen molar-refractivity contribution in [2.24, 2.45) is 0 Å². The third-order valence-electron chi connectivity index (χ3n) is 23.2. The first-order chi connectivity index (χ1) is 47.3. The predicted octanol–water partition coefficient (Wildman–Crippen LogP) is 19.3. The van der Waals surface area contributed by atoms with Crippen LogP contribution in [0.15, 0.2) is 109 Å². The SMILES string of the molecule is CN(C(=O)c1cc(C(=O)N(C)c2ccc3c(c2)nc(C(C)(C)C)n2c4cc5c(cc4nc32)C(C)(C)CC5(C)C)cc(C(=O)N(C)c2ccc3c(c2)nc(C(C)(C)C)n2c4cc5c(cc4nc32)C(C)(C)CC5(C)C)c1)c1ccc2c(c1)nc(C(C)(C)C)n1c3cc4c(cc3nc21)C(C)(C)CC4(C)C. The molecule has 15 heteroatoms. The largest absolute Gasteiger partial charge is 0.311 e. The van der Waals surface area contributed by atoms with Crippen molar-refractivity contribution in [1.82, 2.24) is 43.1 Å². The van der Waals surface area contributed by atoms with Crippen LogP contribution in [0.3, 0.4) is 0 Å². The summed E-state index contributed by atoms with van der Waals surface area (Å²) in [7, 11) is 5.17. The number of carbonyl (C=O) groups excluding carboxylic acids is 3. The average molecular weight is 1360 g/mol. The lowest BCUT2D eigenvalue weighted by Gasteiger charge is -2.24. The van der Waals surface area contributed by atoms with Crippen molar-refractivity contribution in [2.45, 2.75) is 213 Å². The molecule has 102 heavy (non-hydrogen) atoms. The number of hydrogen-bond acceptors (Lipinski definition) is 9. The Morgan fingerprint density at radius 2 is 0.539 bits per heavy atom. The first kappa shape index (κ1) is 66.9. The lowest BCUT2D eigenvalue weighted by Crippen LogP contribution is -2.31. The highest BCUT2D eigenvalue weighted by molar-refractivity contribution is 6.15. The number of amides is 3. The van der Waals surface area contributed by atoms with E-state index in [0.717, 1.165) is 103 Å². The van der Waals surface area contributed by atoms with Crippen LogP contribution in [-0.2, 0) is 48.7 Å². The lowest BCUT2D eigenvalue weighted by atomic mass is 9.82. The van der Waals surface area contributed by atoms with Crippen molar-refractivity contribution < 1.29 is 14.4 Å². The highest BCUT2D eigenvalue weighted by atomic mass is 16.2. The number of carbonyl (C=O) groups is 3. The fourth-order valence-corrected chi connectivity index (χ4v) is 18.8. The van der Waals surface area contributed by atoms with Gasteiger partial charge in [-0.2, -0.15) is 0 Å². The zero-order valence-corrected chi connectivity index (χ0v) is 64.1. The number of nitrogens with zero attached hydrogens (tertiary/aromatic N) is 12. The fraction of sp³-hybridized carbons (Fsp3) is 0.414. The molecule has 0 N–H and O–H groups in total. The molecule has 7 aromatic carbocycles. The summed E-state index contributed by atoms with van der Waals surface area (Å²) in [5.74, 6) is 1.27. The molecule has 15 nitrogen and oxygen atoms in total. The van der Waals surface area contributed by atoms with Crippen LogP contribution in [0.25, 0.3) is 82.8 Å². The summed E-state index contributed by atoms with van der Waals surface area (Å²) in [4.78, 5) is 83.9. The second-order valence-corrected chi connectivity index (χ2v) is 37.4. The molecule has 6 aromatic heterocycles. The standard InChI is InChI=1S/C87H96N12O3/c1-79(2,3)76-91-61-34-49(25-28-52(61)70-88-64-37-55-58(40-67(64)97(70)76)85(16,17)43-82(55,10)11)94(22)73(100)46-31-47(74(101)95(23)50-26-29-53-62(35-50)92-77(80(4,5)6)98-68-41-59-56(38-65(68)89-71(53)98)83(12,13)44-86(59,18)19)33-48(32-46)75(102)96(24)51-27-30-54-63(36-51)93-78(81(7,8)9)99-69-42-60-57(39-66(69)90-72(54)99)84(14,15)45-87(60,20)21/h25-42H,43-45H2,1-24H3. The molecule has 0 spiro atoms. The van der Waals surface area contributed by atoms with Crippen molar-refractivity contribution in [3.05, 3.63) is 177 Å². The van der Waals surface area contributed by atoms with Crippen LogP contribution in [0, 0.1) is 0 Å². The number of anilines is 3. The molecule has 0 fully saturated rings. The van der Waals surface area contributed by atoms with Gasteiger partial charge < -0.3 is 14.7 Å². The summed E-state index contributed by atoms with van der Waals surface area (Å²) in [5, 5.41) is 2.55. The summed E-state index contributed by atoms with van der Waals surface area (Å²) in [6, 6.07) is 36.3. The second-order valence-electron chi connectivity index (χ2n) is 37.4. The van der Waals surface area contributed by atoms with E-state index in [9.17, 15) is 0 Å². The molecule has 0 unspecified atom stereocenters. The topological polar surface area (TPSA) is 152 Å². The van der Waals surface area contributed by atoms with E-state index >= 15 is 14.4 Å². The fourth-order valence-electron chi connectivity index (χ4n) is 18.8. The Morgan fingerprint density at radius 3 is 0.765 bits per heavy atom. The molecule has 16 rings (SSSR count). The highest BCUT2D eigenvalue weighted by Gasteiger charge is 2.46. The molecule has 0 radical (unpaired) electrons. The maximum absolute atomic E-state index is 15.6. The maximum atomic E-state index is 15.6. The molecular weight excluding hydrogens is 1260 g/mol. The molecule has 0 saturated heterocycles. The minimum absolute atomic E-state index is 0.00372. The lowest BCUT2D eigenvalue weighted by molar-refractivity contribution is 0.0992. The van der Waals surface area contributed by atoms with Crippen molar-refractivity contribution in [3.63, 3.8) is 0 Å². The van der Waals surface area contributed by atoms with Gasteiger partial charge in [-0.3, -0.25) is 27.6 Å². The van der Waals surface area contributed by atoms with Crippen LogP contribution in [0.4, 0.5) is 17.1 Å². The number of aromatic nitrogens is 9. The van der Waals surface area contributed by atoms with Gasteiger partial charge in [-0.15, -0.1) is 0 Å². The summed E-state index contributed by atoms with van der Waals surface area (Å²) in [5.41, 5.74) is 19.3. The van der Waals surface area contributed by atoms with Crippen LogP contribution in [0.2, 0.25) is 0 Å². The normalized spacial score (nSPS) is 17.3. The van der Waals surface area contributed by atoms with Crippen LogP contribution in [0.5, 0.6) is 0 Å². The van der Waals surface area contributed by atoms with Crippen molar-refractivity contribution in [2.75, 3.05) is 35.8 Å². The maximum Gasteiger partial charge on any atom is 0.258 e. The Morgan fingerprint density at radius 1 is 0.314 bits per heavy atom. The molecule has 522 valence electrons. The Hall–Kier alpha value is -9.63. The monoisotopic (exact) mass is 1360 g/mol. The third-order valence-corrected chi connectivity index (χ3v) is 23.2. The second kappa shape index (κ2) is 21.0. The molecular formula is C87H96N12O3. The van der Waals surface area contributed by atoms with Crippen molar-refractivity contribution in [1.29, 1.82) is 0 Å². The summed E-state index contributed by atoms with van der Waals surface area (Å²) in [6.45, 7) is 47.5. The van der Waals surface area contributed by atoms with E-state index in [1.54, 1.807) is 54.0 Å². The number of rotatable bonds is 6. The number of fused-ring (bicyclic) bond motifs is 18. The van der Waals surface area contributed by atoms with Gasteiger partial charge in [0.05, 0.1) is 49.7 Å². The van der Waals surface area contributed by atoms with Gasteiger partial charge in [-0.05, 0) is 194 Å². The first-order valence-electron chi connectivity index (χ1n) is 36.3. The Labute approximate surface area is 597 Å². The van der Waals surface area contributed by atoms with Crippen molar-refractivity contribution >= 4 is 118 Å². The first-order valence-corrected chi connectivity index (χ1v) is 36.3. The molecule has 0 saturated carbocycles. The van der Waals surface area contributed by atoms with Crippen LogP contribution in [0.1, 0.15) is 247 Å².